The standard InChI is InChI=1S/C22H23N3O4/c26-20(14-25-21(27)17-10-4-5-11-18(17)24-22(25)28)23-13-15-7-1-6-12-19(15)29-16-8-2-3-9-16/h1,4-7,10-12,16H,2-3,8-9,13-14H2,(H,23,26)(H,24,28). The molecule has 1 amide bonds. The molecule has 1 heterocycles. The van der Waals surface area contributed by atoms with Crippen LogP contribution in [0.1, 0.15) is 31.2 Å². The van der Waals surface area contributed by atoms with Gasteiger partial charge in [0.1, 0.15) is 12.3 Å². The first-order valence-corrected chi connectivity index (χ1v) is 9.85. The molecule has 0 radical (unpaired) electrons. The number of nitrogens with zero attached hydrogens (tertiary/aromatic N) is 1. The zero-order valence-electron chi connectivity index (χ0n) is 16.0. The molecule has 3 aromatic rings. The van der Waals surface area contributed by atoms with Gasteiger partial charge < -0.3 is 15.0 Å². The molecule has 29 heavy (non-hydrogen) atoms. The number of aromatic nitrogens is 2. The number of para-hydroxylation sites is 2. The van der Waals surface area contributed by atoms with E-state index in [1.807, 2.05) is 24.3 Å². The van der Waals surface area contributed by atoms with Crippen LogP contribution in [-0.2, 0) is 17.9 Å². The van der Waals surface area contributed by atoms with Crippen LogP contribution in [0.2, 0.25) is 0 Å². The fraction of sp³-hybridized carbons (Fsp3) is 0.318. The van der Waals surface area contributed by atoms with Crippen LogP contribution in [0, 0.1) is 0 Å². The molecule has 0 aliphatic heterocycles. The van der Waals surface area contributed by atoms with Gasteiger partial charge in [-0.05, 0) is 43.9 Å². The number of nitrogens with one attached hydrogen (secondary N) is 2. The van der Waals surface area contributed by atoms with E-state index in [4.69, 9.17) is 4.74 Å². The lowest BCUT2D eigenvalue weighted by atomic mass is 10.2. The number of rotatable bonds is 6. The number of hydrogen-bond donors (Lipinski definition) is 2. The first kappa shape index (κ1) is 19.0. The first-order valence-electron chi connectivity index (χ1n) is 9.85. The van der Waals surface area contributed by atoms with E-state index in [1.54, 1.807) is 24.3 Å². The van der Waals surface area contributed by atoms with Crippen LogP contribution in [-0.4, -0.2) is 21.6 Å². The fourth-order valence-electron chi connectivity index (χ4n) is 3.69. The topological polar surface area (TPSA) is 93.2 Å². The maximum absolute atomic E-state index is 12.5. The van der Waals surface area contributed by atoms with Crippen LogP contribution in [0.3, 0.4) is 0 Å². The summed E-state index contributed by atoms with van der Waals surface area (Å²) in [6, 6.07) is 14.3. The van der Waals surface area contributed by atoms with Gasteiger partial charge >= 0.3 is 5.69 Å². The van der Waals surface area contributed by atoms with Crippen LogP contribution >= 0.6 is 0 Å². The van der Waals surface area contributed by atoms with Crippen LogP contribution < -0.4 is 21.3 Å². The van der Waals surface area contributed by atoms with Crippen molar-refractivity contribution in [3.8, 4) is 5.75 Å². The fourth-order valence-corrected chi connectivity index (χ4v) is 3.69. The molecule has 0 saturated heterocycles. The average Bonchev–Trinajstić information content (AvgIpc) is 3.23. The second-order valence-electron chi connectivity index (χ2n) is 7.28. The van der Waals surface area contributed by atoms with Crippen LogP contribution in [0.25, 0.3) is 10.9 Å². The number of fused-ring (bicyclic) bond motifs is 1. The highest BCUT2D eigenvalue weighted by Gasteiger charge is 2.18. The normalized spacial score (nSPS) is 14.2. The van der Waals surface area contributed by atoms with Gasteiger partial charge in [-0.2, -0.15) is 0 Å². The number of hydrogen-bond acceptors (Lipinski definition) is 4. The summed E-state index contributed by atoms with van der Waals surface area (Å²) < 4.78 is 7.00. The van der Waals surface area contributed by atoms with Gasteiger partial charge in [0.05, 0.1) is 17.0 Å². The largest absolute Gasteiger partial charge is 0.490 e. The molecule has 2 N–H and O–H groups in total. The van der Waals surface area contributed by atoms with Crippen molar-refractivity contribution in [2.24, 2.45) is 0 Å². The Morgan fingerprint density at radius 2 is 1.79 bits per heavy atom. The van der Waals surface area contributed by atoms with Gasteiger partial charge in [-0.25, -0.2) is 4.79 Å². The highest BCUT2D eigenvalue weighted by molar-refractivity contribution is 5.78. The molecule has 1 saturated carbocycles. The van der Waals surface area contributed by atoms with Crippen LogP contribution in [0.15, 0.2) is 58.1 Å². The zero-order valence-corrected chi connectivity index (χ0v) is 16.0. The minimum Gasteiger partial charge on any atom is -0.490 e. The van der Waals surface area contributed by atoms with Crippen molar-refractivity contribution >= 4 is 16.8 Å². The molecule has 1 aliphatic carbocycles. The van der Waals surface area contributed by atoms with Crippen molar-refractivity contribution in [3.05, 3.63) is 74.9 Å². The first-order chi connectivity index (χ1) is 14.1. The molecule has 7 heteroatoms. The quantitative estimate of drug-likeness (QED) is 0.672. The van der Waals surface area contributed by atoms with E-state index < -0.39 is 17.2 Å². The zero-order chi connectivity index (χ0) is 20.2. The molecular weight excluding hydrogens is 370 g/mol. The van der Waals surface area contributed by atoms with Crippen molar-refractivity contribution in [3.63, 3.8) is 0 Å². The van der Waals surface area contributed by atoms with Crippen molar-refractivity contribution in [1.82, 2.24) is 14.9 Å². The molecule has 0 unspecified atom stereocenters. The lowest BCUT2D eigenvalue weighted by molar-refractivity contribution is -0.121. The average molecular weight is 393 g/mol. The number of amides is 1. The Balaban J connectivity index is 1.46. The predicted molar refractivity (Wildman–Crippen MR) is 110 cm³/mol. The summed E-state index contributed by atoms with van der Waals surface area (Å²) in [4.78, 5) is 39.8. The number of ether oxygens (including phenoxy) is 1. The lowest BCUT2D eigenvalue weighted by Crippen LogP contribution is -2.40. The van der Waals surface area contributed by atoms with Crippen molar-refractivity contribution in [2.45, 2.75) is 44.9 Å². The van der Waals surface area contributed by atoms with E-state index in [0.717, 1.165) is 28.7 Å². The molecule has 0 spiro atoms. The van der Waals surface area contributed by atoms with E-state index in [0.29, 0.717) is 10.9 Å². The Bertz CT molecular complexity index is 1140. The van der Waals surface area contributed by atoms with Gasteiger partial charge in [-0.15, -0.1) is 0 Å². The minimum absolute atomic E-state index is 0.224. The smallest absolute Gasteiger partial charge is 0.329 e. The Labute approximate surface area is 167 Å². The molecule has 2 aromatic carbocycles. The molecule has 0 bridgehead atoms. The number of carbonyl (C=O) groups is 1. The third-order valence-corrected chi connectivity index (χ3v) is 5.24. The Morgan fingerprint density at radius 1 is 1.07 bits per heavy atom. The monoisotopic (exact) mass is 393 g/mol. The summed E-state index contributed by atoms with van der Waals surface area (Å²) in [6.07, 6.45) is 4.68. The van der Waals surface area contributed by atoms with Gasteiger partial charge in [0.2, 0.25) is 5.91 Å². The van der Waals surface area contributed by atoms with E-state index in [9.17, 15) is 14.4 Å². The summed E-state index contributed by atoms with van der Waals surface area (Å²) in [5.41, 5.74) is 0.239. The third-order valence-electron chi connectivity index (χ3n) is 5.24. The van der Waals surface area contributed by atoms with Crippen molar-refractivity contribution < 1.29 is 9.53 Å². The molecule has 4 rings (SSSR count). The molecule has 150 valence electrons. The maximum Gasteiger partial charge on any atom is 0.329 e. The number of benzene rings is 2. The van der Waals surface area contributed by atoms with E-state index in [1.165, 1.54) is 12.8 Å². The second kappa shape index (κ2) is 8.34. The van der Waals surface area contributed by atoms with Gasteiger partial charge in [0.15, 0.2) is 0 Å². The maximum atomic E-state index is 12.5. The predicted octanol–water partition coefficient (Wildman–Crippen LogP) is 2.33. The summed E-state index contributed by atoms with van der Waals surface area (Å²) in [6.45, 7) is -0.0768. The van der Waals surface area contributed by atoms with Crippen LogP contribution in [0.4, 0.5) is 0 Å². The van der Waals surface area contributed by atoms with Crippen molar-refractivity contribution in [2.75, 3.05) is 0 Å². The molecule has 1 aromatic heterocycles. The summed E-state index contributed by atoms with van der Waals surface area (Å²) in [7, 11) is 0. The van der Waals surface area contributed by atoms with Gasteiger partial charge in [0.25, 0.3) is 5.56 Å². The van der Waals surface area contributed by atoms with E-state index in [2.05, 4.69) is 10.3 Å². The summed E-state index contributed by atoms with van der Waals surface area (Å²) in [5.74, 6) is 0.351. The van der Waals surface area contributed by atoms with Gasteiger partial charge in [0, 0.05) is 12.1 Å². The van der Waals surface area contributed by atoms with Crippen LogP contribution in [0.5, 0.6) is 5.75 Å². The minimum atomic E-state index is -0.603. The molecule has 0 atom stereocenters. The third kappa shape index (κ3) is 4.23. The number of aromatic amines is 1. The Morgan fingerprint density at radius 3 is 2.62 bits per heavy atom. The summed E-state index contributed by atoms with van der Waals surface area (Å²) in [5, 5.41) is 3.15. The highest BCUT2D eigenvalue weighted by Crippen LogP contribution is 2.26. The molecule has 7 nitrogen and oxygen atoms in total. The summed E-state index contributed by atoms with van der Waals surface area (Å²) >= 11 is 0. The molecular formula is C22H23N3O4. The second-order valence-corrected chi connectivity index (χ2v) is 7.28. The molecule has 1 fully saturated rings. The number of H-pyrrole nitrogens is 1. The lowest BCUT2D eigenvalue weighted by Gasteiger charge is -2.17. The van der Waals surface area contributed by atoms with Crippen molar-refractivity contribution in [1.29, 1.82) is 0 Å². The molecule has 1 aliphatic rings. The van der Waals surface area contributed by atoms with Gasteiger partial charge in [-0.3, -0.25) is 14.2 Å². The van der Waals surface area contributed by atoms with Gasteiger partial charge in [-0.1, -0.05) is 30.3 Å². The SMILES string of the molecule is O=C(Cn1c(=O)[nH]c2ccccc2c1=O)NCc1ccccc1OC1CCCC1. The van der Waals surface area contributed by atoms with E-state index >= 15 is 0 Å². The Kier molecular flexibility index (Phi) is 5.46. The highest BCUT2D eigenvalue weighted by atomic mass is 16.5. The Hall–Kier alpha value is -3.35. The van der Waals surface area contributed by atoms with E-state index in [-0.39, 0.29) is 19.2 Å². The number of carbonyl (C=O) groups excluding carboxylic acids is 1.